The summed E-state index contributed by atoms with van der Waals surface area (Å²) in [6.07, 6.45) is 3.02. The summed E-state index contributed by atoms with van der Waals surface area (Å²) in [5.74, 6) is 0.372. The number of rotatable bonds is 6. The lowest BCUT2D eigenvalue weighted by molar-refractivity contribution is 0.0684. The third kappa shape index (κ3) is 4.71. The SMILES string of the molecule is CC(C)N(Cc1ccccc1)C(=O)c1cnc(Nc2ccc(C#N)cc2)cn1. The van der Waals surface area contributed by atoms with Crippen LogP contribution in [0, 0.1) is 11.3 Å². The maximum atomic E-state index is 12.9. The second-order valence-corrected chi connectivity index (χ2v) is 6.61. The molecule has 6 nitrogen and oxygen atoms in total. The Balaban J connectivity index is 1.71. The van der Waals surface area contributed by atoms with Gasteiger partial charge in [0.2, 0.25) is 0 Å². The van der Waals surface area contributed by atoms with Crippen molar-refractivity contribution >= 4 is 17.4 Å². The minimum absolute atomic E-state index is 0.0333. The zero-order valence-electron chi connectivity index (χ0n) is 15.8. The van der Waals surface area contributed by atoms with Crippen LogP contribution in [-0.2, 0) is 6.54 Å². The summed E-state index contributed by atoms with van der Waals surface area (Å²) in [6.45, 7) is 4.48. The van der Waals surface area contributed by atoms with Gasteiger partial charge in [-0.15, -0.1) is 0 Å². The molecule has 0 aliphatic rings. The first-order valence-corrected chi connectivity index (χ1v) is 9.01. The van der Waals surface area contributed by atoms with Gasteiger partial charge < -0.3 is 10.2 Å². The summed E-state index contributed by atoms with van der Waals surface area (Å²) in [7, 11) is 0. The molecule has 0 spiro atoms. The summed E-state index contributed by atoms with van der Waals surface area (Å²) < 4.78 is 0. The highest BCUT2D eigenvalue weighted by Crippen LogP contribution is 2.16. The molecule has 0 saturated carbocycles. The molecule has 0 bridgehead atoms. The van der Waals surface area contributed by atoms with Gasteiger partial charge in [-0.3, -0.25) is 4.79 Å². The Kier molecular flexibility index (Phi) is 5.97. The number of nitrogens with one attached hydrogen (secondary N) is 1. The van der Waals surface area contributed by atoms with Crippen molar-refractivity contribution in [3.63, 3.8) is 0 Å². The molecule has 3 aromatic rings. The van der Waals surface area contributed by atoms with Crippen LogP contribution in [0.15, 0.2) is 67.0 Å². The average molecular weight is 371 g/mol. The van der Waals surface area contributed by atoms with Crippen LogP contribution in [0.25, 0.3) is 0 Å². The molecule has 0 aliphatic carbocycles. The minimum Gasteiger partial charge on any atom is -0.339 e. The Hall–Kier alpha value is -3.72. The molecule has 0 unspecified atom stereocenters. The van der Waals surface area contributed by atoms with E-state index in [4.69, 9.17) is 5.26 Å². The molecule has 3 rings (SSSR count). The summed E-state index contributed by atoms with van der Waals surface area (Å²) >= 11 is 0. The molecule has 1 aromatic heterocycles. The maximum Gasteiger partial charge on any atom is 0.274 e. The molecule has 140 valence electrons. The highest BCUT2D eigenvalue weighted by molar-refractivity contribution is 5.92. The second kappa shape index (κ2) is 8.78. The summed E-state index contributed by atoms with van der Waals surface area (Å²) in [5, 5.41) is 12.0. The number of benzene rings is 2. The molecule has 28 heavy (non-hydrogen) atoms. The van der Waals surface area contributed by atoms with E-state index >= 15 is 0 Å². The van der Waals surface area contributed by atoms with Crippen molar-refractivity contribution in [1.82, 2.24) is 14.9 Å². The van der Waals surface area contributed by atoms with Crippen molar-refractivity contribution in [2.45, 2.75) is 26.4 Å². The van der Waals surface area contributed by atoms with Crippen LogP contribution in [0.1, 0.15) is 35.5 Å². The van der Waals surface area contributed by atoms with E-state index in [1.165, 1.54) is 12.4 Å². The van der Waals surface area contributed by atoms with Gasteiger partial charge in [-0.05, 0) is 43.7 Å². The predicted molar refractivity (Wildman–Crippen MR) is 108 cm³/mol. The van der Waals surface area contributed by atoms with Gasteiger partial charge >= 0.3 is 0 Å². The number of hydrogen-bond acceptors (Lipinski definition) is 5. The van der Waals surface area contributed by atoms with Crippen molar-refractivity contribution in [3.8, 4) is 6.07 Å². The molecule has 0 fully saturated rings. The predicted octanol–water partition coefficient (Wildman–Crippen LogP) is 4.14. The highest BCUT2D eigenvalue weighted by Gasteiger charge is 2.20. The first kappa shape index (κ1) is 19.1. The van der Waals surface area contributed by atoms with Crippen molar-refractivity contribution in [1.29, 1.82) is 5.26 Å². The molecule has 2 aromatic carbocycles. The van der Waals surface area contributed by atoms with Crippen molar-refractivity contribution in [2.24, 2.45) is 0 Å². The fraction of sp³-hybridized carbons (Fsp3) is 0.182. The quantitative estimate of drug-likeness (QED) is 0.704. The van der Waals surface area contributed by atoms with Crippen LogP contribution in [-0.4, -0.2) is 26.8 Å². The monoisotopic (exact) mass is 371 g/mol. The Morgan fingerprint density at radius 2 is 1.79 bits per heavy atom. The van der Waals surface area contributed by atoms with E-state index in [0.29, 0.717) is 23.6 Å². The molecule has 6 heteroatoms. The van der Waals surface area contributed by atoms with Crippen molar-refractivity contribution in [2.75, 3.05) is 5.32 Å². The van der Waals surface area contributed by atoms with Gasteiger partial charge in [-0.1, -0.05) is 30.3 Å². The van der Waals surface area contributed by atoms with Crippen molar-refractivity contribution < 1.29 is 4.79 Å². The lowest BCUT2D eigenvalue weighted by atomic mass is 10.2. The largest absolute Gasteiger partial charge is 0.339 e. The van der Waals surface area contributed by atoms with Gasteiger partial charge in [-0.25, -0.2) is 9.97 Å². The van der Waals surface area contributed by atoms with E-state index in [1.54, 1.807) is 29.2 Å². The Bertz CT molecular complexity index is 961. The van der Waals surface area contributed by atoms with E-state index < -0.39 is 0 Å². The molecule has 0 radical (unpaired) electrons. The van der Waals surface area contributed by atoms with Gasteiger partial charge in [0.25, 0.3) is 5.91 Å². The van der Waals surface area contributed by atoms with Crippen LogP contribution < -0.4 is 5.32 Å². The topological polar surface area (TPSA) is 81.9 Å². The van der Waals surface area contributed by atoms with E-state index in [-0.39, 0.29) is 11.9 Å². The average Bonchev–Trinajstić information content (AvgIpc) is 2.73. The summed E-state index contributed by atoms with van der Waals surface area (Å²) in [6, 6.07) is 19.0. The number of anilines is 2. The van der Waals surface area contributed by atoms with Crippen molar-refractivity contribution in [3.05, 3.63) is 83.8 Å². The van der Waals surface area contributed by atoms with E-state index in [1.807, 2.05) is 44.2 Å². The molecule has 0 atom stereocenters. The van der Waals surface area contributed by atoms with Gasteiger partial charge in [0.15, 0.2) is 0 Å². The van der Waals surface area contributed by atoms with Gasteiger partial charge in [-0.2, -0.15) is 5.26 Å². The lowest BCUT2D eigenvalue weighted by Gasteiger charge is -2.26. The van der Waals surface area contributed by atoms with E-state index in [0.717, 1.165) is 11.3 Å². The Labute approximate surface area is 164 Å². The number of carbonyl (C=O) groups is 1. The Morgan fingerprint density at radius 3 is 2.36 bits per heavy atom. The fourth-order valence-electron chi connectivity index (χ4n) is 2.70. The number of nitriles is 1. The molecule has 1 N–H and O–H groups in total. The fourth-order valence-corrected chi connectivity index (χ4v) is 2.70. The van der Waals surface area contributed by atoms with Crippen LogP contribution in [0.4, 0.5) is 11.5 Å². The van der Waals surface area contributed by atoms with Crippen LogP contribution >= 0.6 is 0 Å². The number of aromatic nitrogens is 2. The second-order valence-electron chi connectivity index (χ2n) is 6.61. The molecular weight excluding hydrogens is 350 g/mol. The third-order valence-electron chi connectivity index (χ3n) is 4.24. The van der Waals surface area contributed by atoms with E-state index in [2.05, 4.69) is 21.4 Å². The van der Waals surface area contributed by atoms with Gasteiger partial charge in [0.1, 0.15) is 11.5 Å². The zero-order chi connectivity index (χ0) is 19.9. The molecule has 0 aliphatic heterocycles. The van der Waals surface area contributed by atoms with E-state index in [9.17, 15) is 4.79 Å². The zero-order valence-corrected chi connectivity index (χ0v) is 15.8. The number of nitrogens with zero attached hydrogens (tertiary/aromatic N) is 4. The maximum absolute atomic E-state index is 12.9. The summed E-state index contributed by atoms with van der Waals surface area (Å²) in [4.78, 5) is 23.3. The normalized spacial score (nSPS) is 10.4. The molecule has 0 saturated heterocycles. The minimum atomic E-state index is -0.156. The van der Waals surface area contributed by atoms with Crippen LogP contribution in [0.2, 0.25) is 0 Å². The van der Waals surface area contributed by atoms with Gasteiger partial charge in [0, 0.05) is 18.3 Å². The highest BCUT2D eigenvalue weighted by atomic mass is 16.2. The van der Waals surface area contributed by atoms with Gasteiger partial charge in [0.05, 0.1) is 24.0 Å². The standard InChI is InChI=1S/C22H21N5O/c1-16(2)27(15-18-6-4-3-5-7-18)22(28)20-13-25-21(14-24-20)26-19-10-8-17(12-23)9-11-19/h3-11,13-14,16H,15H2,1-2H3,(H,25,26). The van der Waals surface area contributed by atoms with Crippen LogP contribution in [0.3, 0.4) is 0 Å². The molecule has 1 heterocycles. The number of hydrogen-bond donors (Lipinski definition) is 1. The third-order valence-corrected chi connectivity index (χ3v) is 4.24. The number of carbonyl (C=O) groups excluding carboxylic acids is 1. The number of amides is 1. The smallest absolute Gasteiger partial charge is 0.274 e. The first-order chi connectivity index (χ1) is 13.6. The first-order valence-electron chi connectivity index (χ1n) is 9.01. The summed E-state index contributed by atoms with van der Waals surface area (Å²) in [5.41, 5.74) is 2.75. The molecular formula is C22H21N5O. The molecule has 1 amide bonds. The lowest BCUT2D eigenvalue weighted by Crippen LogP contribution is -2.36. The Morgan fingerprint density at radius 1 is 1.07 bits per heavy atom. The van der Waals surface area contributed by atoms with Crippen LogP contribution in [0.5, 0.6) is 0 Å².